The molecule has 3 N–H and O–H groups in total. The number of likely N-dealkylation sites (tertiary alicyclic amines) is 1. The Labute approximate surface area is 86.6 Å². The average molecular weight is 214 g/mol. The van der Waals surface area contributed by atoms with E-state index in [2.05, 4.69) is 15.1 Å². The summed E-state index contributed by atoms with van der Waals surface area (Å²) in [5.74, 6) is 0. The SMILES string of the molecule is Nc1nnc(CCN2CCC(O)C2)s1. The van der Waals surface area contributed by atoms with Gasteiger partial charge in [0.15, 0.2) is 0 Å². The van der Waals surface area contributed by atoms with Crippen molar-refractivity contribution in [3.8, 4) is 0 Å². The number of aliphatic hydroxyl groups excluding tert-OH is 1. The molecule has 1 unspecified atom stereocenters. The van der Waals surface area contributed by atoms with Crippen LogP contribution in [0.2, 0.25) is 0 Å². The second-order valence-electron chi connectivity index (χ2n) is 3.53. The molecule has 1 saturated heterocycles. The summed E-state index contributed by atoms with van der Waals surface area (Å²) in [6, 6.07) is 0. The maximum Gasteiger partial charge on any atom is 0.203 e. The first-order valence-electron chi connectivity index (χ1n) is 4.72. The monoisotopic (exact) mass is 214 g/mol. The van der Waals surface area contributed by atoms with Crippen LogP contribution in [0.4, 0.5) is 5.13 Å². The third-order valence-corrected chi connectivity index (χ3v) is 3.18. The van der Waals surface area contributed by atoms with Crippen LogP contribution >= 0.6 is 11.3 Å². The number of anilines is 1. The van der Waals surface area contributed by atoms with Crippen molar-refractivity contribution in [3.05, 3.63) is 5.01 Å². The van der Waals surface area contributed by atoms with Crippen molar-refractivity contribution in [2.24, 2.45) is 0 Å². The van der Waals surface area contributed by atoms with Gasteiger partial charge in [0.05, 0.1) is 6.10 Å². The summed E-state index contributed by atoms with van der Waals surface area (Å²) in [7, 11) is 0. The van der Waals surface area contributed by atoms with E-state index in [-0.39, 0.29) is 6.10 Å². The maximum absolute atomic E-state index is 9.31. The second kappa shape index (κ2) is 4.20. The van der Waals surface area contributed by atoms with Crippen LogP contribution in [0.25, 0.3) is 0 Å². The quantitative estimate of drug-likeness (QED) is 0.724. The van der Waals surface area contributed by atoms with Crippen molar-refractivity contribution >= 4 is 16.5 Å². The smallest absolute Gasteiger partial charge is 0.203 e. The van der Waals surface area contributed by atoms with Crippen LogP contribution in [0, 0.1) is 0 Å². The van der Waals surface area contributed by atoms with Gasteiger partial charge < -0.3 is 15.7 Å². The number of nitrogens with two attached hydrogens (primary N) is 1. The summed E-state index contributed by atoms with van der Waals surface area (Å²) in [4.78, 5) is 2.24. The van der Waals surface area contributed by atoms with E-state index in [1.165, 1.54) is 11.3 Å². The van der Waals surface area contributed by atoms with E-state index in [0.29, 0.717) is 5.13 Å². The van der Waals surface area contributed by atoms with Crippen LogP contribution in [-0.2, 0) is 6.42 Å². The summed E-state index contributed by atoms with van der Waals surface area (Å²) in [6.45, 7) is 2.70. The van der Waals surface area contributed by atoms with Crippen molar-refractivity contribution in [1.29, 1.82) is 0 Å². The van der Waals surface area contributed by atoms with E-state index in [0.717, 1.165) is 37.5 Å². The minimum atomic E-state index is -0.144. The van der Waals surface area contributed by atoms with Crippen molar-refractivity contribution in [2.75, 3.05) is 25.4 Å². The number of aromatic nitrogens is 2. The third kappa shape index (κ3) is 2.40. The lowest BCUT2D eigenvalue weighted by atomic mass is 10.3. The summed E-state index contributed by atoms with van der Waals surface area (Å²) in [6.07, 6.45) is 1.62. The van der Waals surface area contributed by atoms with E-state index in [4.69, 9.17) is 5.73 Å². The minimum absolute atomic E-state index is 0.144. The van der Waals surface area contributed by atoms with E-state index in [9.17, 15) is 5.11 Å². The average Bonchev–Trinajstić information content (AvgIpc) is 2.72. The van der Waals surface area contributed by atoms with E-state index >= 15 is 0 Å². The molecule has 2 heterocycles. The summed E-state index contributed by atoms with van der Waals surface area (Å²) < 4.78 is 0. The molecular formula is C8H14N4OS. The molecule has 14 heavy (non-hydrogen) atoms. The van der Waals surface area contributed by atoms with Crippen molar-refractivity contribution in [3.63, 3.8) is 0 Å². The summed E-state index contributed by atoms with van der Waals surface area (Å²) >= 11 is 1.44. The lowest BCUT2D eigenvalue weighted by Crippen LogP contribution is -2.24. The van der Waals surface area contributed by atoms with Gasteiger partial charge in [-0.05, 0) is 6.42 Å². The van der Waals surface area contributed by atoms with Crippen molar-refractivity contribution < 1.29 is 5.11 Å². The van der Waals surface area contributed by atoms with Crippen LogP contribution in [0.5, 0.6) is 0 Å². The zero-order valence-electron chi connectivity index (χ0n) is 7.89. The molecule has 1 aromatic heterocycles. The summed E-state index contributed by atoms with van der Waals surface area (Å²) in [5, 5.41) is 18.5. The van der Waals surface area contributed by atoms with E-state index < -0.39 is 0 Å². The normalized spacial score (nSPS) is 23.1. The highest BCUT2D eigenvalue weighted by Gasteiger charge is 2.19. The van der Waals surface area contributed by atoms with Crippen LogP contribution < -0.4 is 5.73 Å². The third-order valence-electron chi connectivity index (χ3n) is 2.37. The number of aliphatic hydroxyl groups is 1. The number of hydrogen-bond donors (Lipinski definition) is 2. The topological polar surface area (TPSA) is 75.3 Å². The Morgan fingerprint density at radius 3 is 3.00 bits per heavy atom. The standard InChI is InChI=1S/C8H14N4OS/c9-8-11-10-7(14-8)2-4-12-3-1-6(13)5-12/h6,13H,1-5H2,(H2,9,11). The van der Waals surface area contributed by atoms with Crippen molar-refractivity contribution in [1.82, 2.24) is 15.1 Å². The van der Waals surface area contributed by atoms with Gasteiger partial charge in [-0.3, -0.25) is 0 Å². The van der Waals surface area contributed by atoms with Gasteiger partial charge >= 0.3 is 0 Å². The molecule has 2 rings (SSSR count). The Morgan fingerprint density at radius 2 is 2.43 bits per heavy atom. The molecule has 0 aliphatic carbocycles. The lowest BCUT2D eigenvalue weighted by molar-refractivity contribution is 0.177. The molecule has 0 amide bonds. The van der Waals surface area contributed by atoms with Gasteiger partial charge in [0, 0.05) is 26.1 Å². The molecule has 1 aromatic rings. The molecule has 6 heteroatoms. The largest absolute Gasteiger partial charge is 0.392 e. The highest BCUT2D eigenvalue weighted by atomic mass is 32.1. The Balaban J connectivity index is 1.77. The first-order chi connectivity index (χ1) is 6.74. The van der Waals surface area contributed by atoms with Gasteiger partial charge in [-0.15, -0.1) is 10.2 Å². The number of rotatable bonds is 3. The second-order valence-corrected chi connectivity index (χ2v) is 4.62. The molecule has 1 aliphatic heterocycles. The van der Waals surface area contributed by atoms with Crippen LogP contribution in [-0.4, -0.2) is 45.9 Å². The number of nitrogens with zero attached hydrogens (tertiary/aromatic N) is 3. The fraction of sp³-hybridized carbons (Fsp3) is 0.750. The predicted octanol–water partition coefficient (Wildman–Crippen LogP) is -0.271. The molecule has 1 fully saturated rings. The number of hydrogen-bond acceptors (Lipinski definition) is 6. The van der Waals surface area contributed by atoms with Gasteiger partial charge in [-0.25, -0.2) is 0 Å². The predicted molar refractivity (Wildman–Crippen MR) is 55.1 cm³/mol. The molecule has 1 atom stereocenters. The summed E-state index contributed by atoms with van der Waals surface area (Å²) in [5.41, 5.74) is 5.48. The van der Waals surface area contributed by atoms with E-state index in [1.54, 1.807) is 0 Å². The zero-order chi connectivity index (χ0) is 9.97. The first kappa shape index (κ1) is 9.82. The van der Waals surface area contributed by atoms with Crippen LogP contribution in [0.3, 0.4) is 0 Å². The van der Waals surface area contributed by atoms with Gasteiger partial charge in [0.25, 0.3) is 0 Å². The lowest BCUT2D eigenvalue weighted by Gasteiger charge is -2.12. The van der Waals surface area contributed by atoms with Gasteiger partial charge in [0.1, 0.15) is 5.01 Å². The Kier molecular flexibility index (Phi) is 2.95. The Hall–Kier alpha value is -0.720. The van der Waals surface area contributed by atoms with Gasteiger partial charge in [0.2, 0.25) is 5.13 Å². The molecule has 0 radical (unpaired) electrons. The molecule has 0 bridgehead atoms. The van der Waals surface area contributed by atoms with Gasteiger partial charge in [-0.2, -0.15) is 0 Å². The Morgan fingerprint density at radius 1 is 1.57 bits per heavy atom. The molecule has 0 aromatic carbocycles. The molecule has 0 spiro atoms. The molecule has 0 saturated carbocycles. The number of β-amino-alcohol motifs (C(OH)–C–C–N with tert-alkyl or cyclic N) is 1. The fourth-order valence-corrected chi connectivity index (χ4v) is 2.23. The van der Waals surface area contributed by atoms with Crippen molar-refractivity contribution in [2.45, 2.75) is 18.9 Å². The van der Waals surface area contributed by atoms with Crippen LogP contribution in [0.15, 0.2) is 0 Å². The number of nitrogen functional groups attached to an aromatic ring is 1. The first-order valence-corrected chi connectivity index (χ1v) is 5.54. The zero-order valence-corrected chi connectivity index (χ0v) is 8.70. The molecule has 5 nitrogen and oxygen atoms in total. The molecule has 78 valence electrons. The maximum atomic E-state index is 9.31. The molecular weight excluding hydrogens is 200 g/mol. The highest BCUT2D eigenvalue weighted by molar-refractivity contribution is 7.15. The minimum Gasteiger partial charge on any atom is -0.392 e. The van der Waals surface area contributed by atoms with Crippen LogP contribution in [0.1, 0.15) is 11.4 Å². The Bertz CT molecular complexity index is 303. The van der Waals surface area contributed by atoms with Gasteiger partial charge in [-0.1, -0.05) is 11.3 Å². The fourth-order valence-electron chi connectivity index (χ4n) is 1.64. The molecule has 1 aliphatic rings. The van der Waals surface area contributed by atoms with E-state index in [1.807, 2.05) is 0 Å². The highest BCUT2D eigenvalue weighted by Crippen LogP contribution is 2.14.